The van der Waals surface area contributed by atoms with Gasteiger partial charge in [0.05, 0.1) is 29.8 Å². The van der Waals surface area contributed by atoms with Crippen LogP contribution in [0, 0.1) is 6.92 Å². The zero-order chi connectivity index (χ0) is 28.6. The molecule has 1 aliphatic heterocycles. The molecule has 0 amide bonds. The Morgan fingerprint density at radius 2 is 1.49 bits per heavy atom. The standard InChI is InChI=1S/C30H27F3N6O2/c1-19-25(41-18-20-14-34-38(16-20)22-8-4-2-5-9-22)13-12-24(28(19)40)27-26(29(37-36-27)30(31,32)33)21-15-35-39(17-21)23-10-6-3-7-11-23/h2-17,26-27,29,36-37,40H,18H2,1H3. The molecule has 0 spiro atoms. The van der Waals surface area contributed by atoms with Crippen LogP contribution >= 0.6 is 0 Å². The molecule has 2 aromatic heterocycles. The second kappa shape index (κ2) is 10.8. The molecule has 8 nitrogen and oxygen atoms in total. The lowest BCUT2D eigenvalue weighted by atomic mass is 9.84. The van der Waals surface area contributed by atoms with Crippen molar-refractivity contribution < 1.29 is 23.0 Å². The summed E-state index contributed by atoms with van der Waals surface area (Å²) < 4.78 is 51.6. The normalized spacial score (nSPS) is 19.0. The summed E-state index contributed by atoms with van der Waals surface area (Å²) in [6, 6.07) is 19.3. The fraction of sp³-hybridized carbons (Fsp3) is 0.200. The first-order chi connectivity index (χ1) is 19.8. The first-order valence-corrected chi connectivity index (χ1v) is 13.0. The van der Waals surface area contributed by atoms with Crippen molar-refractivity contribution in [2.24, 2.45) is 0 Å². The average Bonchev–Trinajstić information content (AvgIpc) is 3.74. The summed E-state index contributed by atoms with van der Waals surface area (Å²) in [4.78, 5) is 0. The summed E-state index contributed by atoms with van der Waals surface area (Å²) in [5.41, 5.74) is 8.77. The van der Waals surface area contributed by atoms with Crippen LogP contribution in [-0.2, 0) is 6.61 Å². The maximum atomic E-state index is 14.1. The fourth-order valence-corrected chi connectivity index (χ4v) is 5.15. The highest BCUT2D eigenvalue weighted by Gasteiger charge is 2.53. The van der Waals surface area contributed by atoms with Gasteiger partial charge in [-0.1, -0.05) is 36.4 Å². The Bertz CT molecular complexity index is 1640. The maximum absolute atomic E-state index is 14.1. The van der Waals surface area contributed by atoms with Crippen LogP contribution in [-0.4, -0.2) is 36.9 Å². The molecule has 3 aromatic carbocycles. The second-order valence-corrected chi connectivity index (χ2v) is 9.91. The zero-order valence-electron chi connectivity index (χ0n) is 22.0. The van der Waals surface area contributed by atoms with Crippen molar-refractivity contribution in [1.82, 2.24) is 30.4 Å². The summed E-state index contributed by atoms with van der Waals surface area (Å²) >= 11 is 0. The molecule has 3 heterocycles. The van der Waals surface area contributed by atoms with Crippen LogP contribution in [0.5, 0.6) is 11.5 Å². The predicted octanol–water partition coefficient (Wildman–Crippen LogP) is 5.51. The first kappa shape index (κ1) is 26.6. The van der Waals surface area contributed by atoms with Crippen LogP contribution in [0.3, 0.4) is 0 Å². The van der Waals surface area contributed by atoms with Gasteiger partial charge in [0.25, 0.3) is 0 Å². The van der Waals surface area contributed by atoms with E-state index in [2.05, 4.69) is 21.0 Å². The van der Waals surface area contributed by atoms with Crippen molar-refractivity contribution in [3.63, 3.8) is 0 Å². The molecule has 41 heavy (non-hydrogen) atoms. The minimum absolute atomic E-state index is 0.134. The second-order valence-electron chi connectivity index (χ2n) is 9.91. The van der Waals surface area contributed by atoms with Crippen molar-refractivity contribution in [2.75, 3.05) is 0 Å². The summed E-state index contributed by atoms with van der Waals surface area (Å²) in [5, 5.41) is 19.8. The number of rotatable bonds is 7. The van der Waals surface area contributed by atoms with E-state index in [0.29, 0.717) is 22.4 Å². The third-order valence-electron chi connectivity index (χ3n) is 7.27. The van der Waals surface area contributed by atoms with E-state index >= 15 is 0 Å². The molecule has 3 N–H and O–H groups in total. The molecule has 6 rings (SSSR count). The Morgan fingerprint density at radius 3 is 2.15 bits per heavy atom. The molecule has 0 bridgehead atoms. The molecular formula is C30H27F3N6O2. The van der Waals surface area contributed by atoms with Crippen LogP contribution in [0.2, 0.25) is 0 Å². The number of aromatic hydroxyl groups is 1. The Morgan fingerprint density at radius 1 is 0.854 bits per heavy atom. The lowest BCUT2D eigenvalue weighted by Crippen LogP contribution is -2.43. The number of aromatic nitrogens is 4. The van der Waals surface area contributed by atoms with Gasteiger partial charge in [-0.2, -0.15) is 23.4 Å². The van der Waals surface area contributed by atoms with Crippen LogP contribution in [0.25, 0.3) is 11.4 Å². The highest BCUT2D eigenvalue weighted by Crippen LogP contribution is 2.46. The van der Waals surface area contributed by atoms with Gasteiger partial charge >= 0.3 is 6.18 Å². The van der Waals surface area contributed by atoms with E-state index < -0.39 is 24.2 Å². The number of phenolic OH excluding ortho intramolecular Hbond substituents is 1. The molecule has 3 unspecified atom stereocenters. The van der Waals surface area contributed by atoms with Gasteiger partial charge < -0.3 is 9.84 Å². The monoisotopic (exact) mass is 560 g/mol. The van der Waals surface area contributed by atoms with Crippen LogP contribution < -0.4 is 15.6 Å². The summed E-state index contributed by atoms with van der Waals surface area (Å²) in [6.07, 6.45) is 2.04. The minimum atomic E-state index is -4.54. The van der Waals surface area contributed by atoms with Gasteiger partial charge in [0.15, 0.2) is 0 Å². The number of nitrogens with zero attached hydrogens (tertiary/aromatic N) is 4. The summed E-state index contributed by atoms with van der Waals surface area (Å²) in [7, 11) is 0. The van der Waals surface area contributed by atoms with Crippen LogP contribution in [0.15, 0.2) is 97.6 Å². The molecule has 0 saturated carbocycles. The van der Waals surface area contributed by atoms with Gasteiger partial charge in [-0.15, -0.1) is 0 Å². The first-order valence-electron chi connectivity index (χ1n) is 13.0. The van der Waals surface area contributed by atoms with Crippen molar-refractivity contribution in [3.8, 4) is 22.9 Å². The van der Waals surface area contributed by atoms with Gasteiger partial charge in [0, 0.05) is 35.0 Å². The molecule has 0 aliphatic carbocycles. The van der Waals surface area contributed by atoms with Gasteiger partial charge in [-0.25, -0.2) is 20.2 Å². The zero-order valence-corrected chi connectivity index (χ0v) is 22.0. The Balaban J connectivity index is 1.25. The lowest BCUT2D eigenvalue weighted by Gasteiger charge is -2.25. The Kier molecular flexibility index (Phi) is 6.98. The number of nitrogens with one attached hydrogen (secondary N) is 2. The summed E-state index contributed by atoms with van der Waals surface area (Å²) in [5.74, 6) is -0.802. The number of alkyl halides is 3. The lowest BCUT2D eigenvalue weighted by molar-refractivity contribution is -0.156. The molecule has 1 aliphatic rings. The molecule has 1 fully saturated rings. The molecule has 0 radical (unpaired) electrons. The van der Waals surface area contributed by atoms with E-state index in [0.717, 1.165) is 16.9 Å². The van der Waals surface area contributed by atoms with Gasteiger partial charge in [0.2, 0.25) is 0 Å². The van der Waals surface area contributed by atoms with E-state index in [-0.39, 0.29) is 12.4 Å². The van der Waals surface area contributed by atoms with Crippen LogP contribution in [0.1, 0.15) is 34.2 Å². The molecule has 210 valence electrons. The van der Waals surface area contributed by atoms with Gasteiger partial charge in [-0.3, -0.25) is 0 Å². The molecule has 3 atom stereocenters. The quantitative estimate of drug-likeness (QED) is 0.243. The maximum Gasteiger partial charge on any atom is 0.405 e. The van der Waals surface area contributed by atoms with E-state index in [1.807, 2.05) is 66.9 Å². The number of halogens is 3. The summed E-state index contributed by atoms with van der Waals surface area (Å²) in [6.45, 7) is 1.88. The van der Waals surface area contributed by atoms with E-state index in [1.165, 1.54) is 6.20 Å². The van der Waals surface area contributed by atoms with Crippen molar-refractivity contribution in [2.45, 2.75) is 37.7 Å². The molecule has 11 heteroatoms. The van der Waals surface area contributed by atoms with Crippen LogP contribution in [0.4, 0.5) is 13.2 Å². The highest BCUT2D eigenvalue weighted by molar-refractivity contribution is 5.51. The SMILES string of the molecule is Cc1c(OCc2cnn(-c3ccccc3)c2)ccc(C2NNC(C(F)(F)F)C2c2cnn(-c3ccccc3)c2)c1O. The number of hydrogen-bond donors (Lipinski definition) is 3. The number of hydrazine groups is 1. The fourth-order valence-electron chi connectivity index (χ4n) is 5.15. The smallest absolute Gasteiger partial charge is 0.405 e. The third-order valence-corrected chi connectivity index (χ3v) is 7.27. The molecule has 1 saturated heterocycles. The topological polar surface area (TPSA) is 89.2 Å². The molecule has 5 aromatic rings. The largest absolute Gasteiger partial charge is 0.507 e. The van der Waals surface area contributed by atoms with Crippen molar-refractivity contribution >= 4 is 0 Å². The Labute approximate surface area is 234 Å². The number of benzene rings is 3. The molecular weight excluding hydrogens is 533 g/mol. The Hall–Kier alpha value is -4.61. The number of para-hydroxylation sites is 2. The van der Waals surface area contributed by atoms with Gasteiger partial charge in [0.1, 0.15) is 24.1 Å². The van der Waals surface area contributed by atoms with E-state index in [4.69, 9.17) is 4.74 Å². The number of ether oxygens (including phenoxy) is 1. The number of phenols is 1. The van der Waals surface area contributed by atoms with E-state index in [9.17, 15) is 18.3 Å². The van der Waals surface area contributed by atoms with Crippen molar-refractivity contribution in [1.29, 1.82) is 0 Å². The number of hydrogen-bond acceptors (Lipinski definition) is 6. The van der Waals surface area contributed by atoms with Crippen molar-refractivity contribution in [3.05, 3.63) is 120 Å². The van der Waals surface area contributed by atoms with E-state index in [1.54, 1.807) is 40.8 Å². The predicted molar refractivity (Wildman–Crippen MR) is 146 cm³/mol. The third kappa shape index (κ3) is 5.29. The average molecular weight is 561 g/mol. The highest BCUT2D eigenvalue weighted by atomic mass is 19.4. The minimum Gasteiger partial charge on any atom is -0.507 e. The van der Waals surface area contributed by atoms with Gasteiger partial charge in [-0.05, 0) is 48.9 Å².